The van der Waals surface area contributed by atoms with Gasteiger partial charge < -0.3 is 18.9 Å². The van der Waals surface area contributed by atoms with E-state index in [2.05, 4.69) is 227 Å². The number of benzene rings is 7. The summed E-state index contributed by atoms with van der Waals surface area (Å²) in [7, 11) is 7.13. The van der Waals surface area contributed by atoms with E-state index in [4.69, 9.17) is 18.9 Å². The normalized spacial score (nSPS) is 25.1. The van der Waals surface area contributed by atoms with Gasteiger partial charge in [-0.3, -0.25) is 0 Å². The lowest BCUT2D eigenvalue weighted by Gasteiger charge is -2.30. The van der Waals surface area contributed by atoms with Crippen LogP contribution in [0.5, 0.6) is 11.5 Å². The zero-order chi connectivity index (χ0) is 82.5. The van der Waals surface area contributed by atoms with Gasteiger partial charge in [0.05, 0.1) is 26.4 Å². The monoisotopic (exact) mass is 1580 g/mol. The first-order chi connectivity index (χ1) is 56.3. The van der Waals surface area contributed by atoms with Crippen molar-refractivity contribution in [3.63, 3.8) is 0 Å². The van der Waals surface area contributed by atoms with Crippen LogP contribution in [-0.2, 0) is 54.4 Å². The molecule has 7 fully saturated rings. The number of ether oxygens (including phenoxy) is 4. The van der Waals surface area contributed by atoms with Gasteiger partial charge in [-0.2, -0.15) is 0 Å². The van der Waals surface area contributed by atoms with Gasteiger partial charge in [0.1, 0.15) is 11.5 Å². The summed E-state index contributed by atoms with van der Waals surface area (Å²) in [5, 5.41) is 0. The van der Waals surface area contributed by atoms with Crippen LogP contribution in [0, 0.1) is 106 Å². The minimum absolute atomic E-state index is 0.533. The third kappa shape index (κ3) is 39.5. The molecule has 0 heterocycles. The lowest BCUT2D eigenvalue weighted by atomic mass is 9.76. The van der Waals surface area contributed by atoms with Crippen molar-refractivity contribution in [1.29, 1.82) is 0 Å². The number of hydrogen-bond donors (Lipinski definition) is 0. The molecule has 0 atom stereocenters. The highest BCUT2D eigenvalue weighted by Gasteiger charge is 2.26. The third-order valence-corrected chi connectivity index (χ3v) is 28.7. The zero-order valence-electron chi connectivity index (χ0n) is 76.6. The van der Waals surface area contributed by atoms with Gasteiger partial charge in [0.15, 0.2) is 0 Å². The van der Waals surface area contributed by atoms with E-state index in [1.165, 1.54) is 298 Å². The topological polar surface area (TPSA) is 36.9 Å². The molecule has 640 valence electrons. The number of hydrogen-bond acceptors (Lipinski definition) is 4. The molecule has 116 heavy (non-hydrogen) atoms. The number of aryl methyl sites for hydroxylation is 12. The van der Waals surface area contributed by atoms with E-state index in [1.54, 1.807) is 27.1 Å². The van der Waals surface area contributed by atoms with Crippen LogP contribution in [0.2, 0.25) is 0 Å². The molecular formula is C112H168O4. The molecule has 7 aromatic carbocycles. The fourth-order valence-corrected chi connectivity index (χ4v) is 19.4. The van der Waals surface area contributed by atoms with Crippen molar-refractivity contribution in [3.05, 3.63) is 237 Å². The van der Waals surface area contributed by atoms with Crippen LogP contribution in [0.25, 0.3) is 0 Å². The smallest absolute Gasteiger partial charge is 0.118 e. The summed E-state index contributed by atoms with van der Waals surface area (Å²) >= 11 is 0. The van der Waals surface area contributed by atoms with E-state index in [0.29, 0.717) is 12.2 Å². The quantitative estimate of drug-likeness (QED) is 0.0572. The molecule has 7 saturated carbocycles. The highest BCUT2D eigenvalue weighted by molar-refractivity contribution is 5.31. The van der Waals surface area contributed by atoms with Gasteiger partial charge in [0.2, 0.25) is 0 Å². The van der Waals surface area contributed by atoms with Gasteiger partial charge in [-0.25, -0.2) is 0 Å². The Morgan fingerprint density at radius 1 is 0.190 bits per heavy atom. The summed E-state index contributed by atoms with van der Waals surface area (Å²) in [5.74, 6) is 14.0. The molecule has 4 nitrogen and oxygen atoms in total. The standard InChI is InChI=1S/C16H30O.2C16H24O.C16H18O.C16H30.C16H24.C16H18/c4*1-13-3-5-14(6-4-13)7-8-15-9-11-16(17-2)12-10-15;3*1-13-3-7-15(8-4-13)11-12-16-9-5-14(2)6-10-16/h13-16H,3-12H2,1-2H3;9-14H,3-8H2,1-2H3;3-6,15-16H,7-12H2,1-2H3;3-6,9-12H,7-8H2,1-2H3;13-16H,3-12H2,1-2H3;3-4,7-8,14,16H,5-6,9-12H2,1-2H3;3-10H,11-12H2,1-2H3. The summed E-state index contributed by atoms with van der Waals surface area (Å²) in [6.07, 6.45) is 59.9. The predicted molar refractivity (Wildman–Crippen MR) is 501 cm³/mol. The summed E-state index contributed by atoms with van der Waals surface area (Å²) in [5.41, 5.74) is 16.8. The molecule has 4 heteroatoms. The molecule has 0 aromatic heterocycles. The average Bonchev–Trinajstić information content (AvgIpc) is 0.905. The van der Waals surface area contributed by atoms with E-state index in [1.807, 2.05) is 26.4 Å². The van der Waals surface area contributed by atoms with Gasteiger partial charge in [-0.1, -0.05) is 362 Å². The van der Waals surface area contributed by atoms with E-state index in [9.17, 15) is 0 Å². The summed E-state index contributed by atoms with van der Waals surface area (Å²) < 4.78 is 21.2. The fraction of sp³-hybridized carbons (Fsp3) is 0.625. The Labute approximate surface area is 713 Å². The molecule has 0 unspecified atom stereocenters. The van der Waals surface area contributed by atoms with Crippen molar-refractivity contribution in [1.82, 2.24) is 0 Å². The van der Waals surface area contributed by atoms with Gasteiger partial charge in [-0.15, -0.1) is 0 Å². The fourth-order valence-electron chi connectivity index (χ4n) is 19.4. The minimum atomic E-state index is 0.533. The van der Waals surface area contributed by atoms with Crippen molar-refractivity contribution in [2.24, 2.45) is 71.0 Å². The van der Waals surface area contributed by atoms with Crippen LogP contribution in [0.4, 0.5) is 0 Å². The maximum absolute atomic E-state index is 5.45. The first-order valence-electron chi connectivity index (χ1n) is 47.9. The van der Waals surface area contributed by atoms with Crippen LogP contribution >= 0.6 is 0 Å². The molecule has 0 bridgehead atoms. The van der Waals surface area contributed by atoms with Crippen molar-refractivity contribution in [2.75, 3.05) is 28.4 Å². The van der Waals surface area contributed by atoms with E-state index in [-0.39, 0.29) is 0 Å². The Kier molecular flexibility index (Phi) is 45.4. The van der Waals surface area contributed by atoms with Crippen LogP contribution in [-0.4, -0.2) is 40.6 Å². The van der Waals surface area contributed by atoms with Gasteiger partial charge >= 0.3 is 0 Å². The SMILES string of the molecule is CC1CCC(CCC2CCC(C)CC2)CC1.COC1CCC(CCC2CCC(C)CC2)CC1.COC1CCC(CCc2ccc(C)cc2)CC1.COc1ccc(CCC2CCC(C)CC2)cc1.COc1ccc(CCc2ccc(C)cc2)cc1.Cc1ccc(CCC2CCC(C)CC2)cc1.Cc1ccc(CCc2ccc(C)cc2)cc1. The minimum Gasteiger partial charge on any atom is -0.497 e. The average molecular weight is 1580 g/mol. The number of methoxy groups -OCH3 is 4. The molecule has 0 saturated heterocycles. The van der Waals surface area contributed by atoms with Crippen molar-refractivity contribution in [3.8, 4) is 11.5 Å². The lowest BCUT2D eigenvalue weighted by Crippen LogP contribution is -2.21. The molecule has 7 aromatic rings. The maximum Gasteiger partial charge on any atom is 0.118 e. The molecule has 0 spiro atoms. The maximum atomic E-state index is 5.45. The molecule has 0 aliphatic heterocycles. The lowest BCUT2D eigenvalue weighted by molar-refractivity contribution is 0.0541. The second-order valence-corrected chi connectivity index (χ2v) is 38.8. The predicted octanol–water partition coefficient (Wildman–Crippen LogP) is 31.4. The Bertz CT molecular complexity index is 3470. The van der Waals surface area contributed by atoms with Crippen molar-refractivity contribution < 1.29 is 18.9 Å². The molecule has 7 aliphatic rings. The van der Waals surface area contributed by atoms with Crippen LogP contribution in [0.15, 0.2) is 170 Å². The highest BCUT2D eigenvalue weighted by atomic mass is 16.5. The van der Waals surface area contributed by atoms with E-state index >= 15 is 0 Å². The van der Waals surface area contributed by atoms with Crippen LogP contribution < -0.4 is 9.47 Å². The molecule has 7 aliphatic carbocycles. The molecule has 0 N–H and O–H groups in total. The first kappa shape index (κ1) is 95.5. The Balaban J connectivity index is 0.000000169. The van der Waals surface area contributed by atoms with Gasteiger partial charge in [-0.05, 0) is 284 Å². The van der Waals surface area contributed by atoms with Crippen molar-refractivity contribution >= 4 is 0 Å². The third-order valence-electron chi connectivity index (χ3n) is 28.7. The summed E-state index contributed by atoms with van der Waals surface area (Å²) in [4.78, 5) is 0. The molecule has 14 rings (SSSR count). The highest BCUT2D eigenvalue weighted by Crippen LogP contribution is 2.39. The van der Waals surface area contributed by atoms with Crippen molar-refractivity contribution in [2.45, 2.75) is 351 Å². The molecule has 0 radical (unpaired) electrons. The summed E-state index contributed by atoms with van der Waals surface area (Å²) in [6, 6.07) is 61.3. The Hall–Kier alpha value is -5.94. The first-order valence-corrected chi connectivity index (χ1v) is 47.9. The number of rotatable bonds is 25. The zero-order valence-corrected chi connectivity index (χ0v) is 76.6. The second kappa shape index (κ2) is 55.1. The van der Waals surface area contributed by atoms with Crippen LogP contribution in [0.3, 0.4) is 0 Å². The summed E-state index contributed by atoms with van der Waals surface area (Å²) in [6.45, 7) is 22.7. The molecule has 0 amide bonds. The van der Waals surface area contributed by atoms with E-state index < -0.39 is 0 Å². The largest absolute Gasteiger partial charge is 0.497 e. The Morgan fingerprint density at radius 3 is 0.517 bits per heavy atom. The Morgan fingerprint density at radius 2 is 0.345 bits per heavy atom. The van der Waals surface area contributed by atoms with E-state index in [0.717, 1.165) is 108 Å². The second-order valence-electron chi connectivity index (χ2n) is 38.8. The van der Waals surface area contributed by atoms with Gasteiger partial charge in [0.25, 0.3) is 0 Å². The van der Waals surface area contributed by atoms with Crippen LogP contribution in [0.1, 0.15) is 326 Å². The molecular weight excluding hydrogens is 1410 g/mol. The van der Waals surface area contributed by atoms with Gasteiger partial charge in [0, 0.05) is 14.2 Å².